The van der Waals surface area contributed by atoms with Crippen molar-refractivity contribution < 1.29 is 19.4 Å². The van der Waals surface area contributed by atoms with Crippen molar-refractivity contribution in [3.63, 3.8) is 0 Å². The Bertz CT molecular complexity index is 931. The topological polar surface area (TPSA) is 77.8 Å². The molecule has 1 unspecified atom stereocenters. The van der Waals surface area contributed by atoms with Gasteiger partial charge in [0.1, 0.15) is 5.56 Å². The van der Waals surface area contributed by atoms with Crippen LogP contribution in [0.4, 0.5) is 0 Å². The van der Waals surface area contributed by atoms with Crippen molar-refractivity contribution in [1.82, 2.24) is 4.57 Å². The Morgan fingerprint density at radius 2 is 2.04 bits per heavy atom. The van der Waals surface area contributed by atoms with Gasteiger partial charge in [-0.05, 0) is 43.9 Å². The molecule has 2 heterocycles. The number of hydrogen-bond acceptors (Lipinski definition) is 5. The molecule has 0 spiro atoms. The zero-order valence-corrected chi connectivity index (χ0v) is 16.7. The number of phenols is 1. The first-order valence-electron chi connectivity index (χ1n) is 9.92. The molecule has 0 bridgehead atoms. The van der Waals surface area contributed by atoms with E-state index in [0.717, 1.165) is 36.8 Å². The smallest absolute Gasteiger partial charge is 0.343 e. The van der Waals surface area contributed by atoms with E-state index in [-0.39, 0.29) is 29.4 Å². The standard InChI is InChI=1S/C22H27NO5/c1-4-7-8-28-21-10-14-9-15(5-2)23-13-17(22(26)27-6-3)19(24)12-18(23)16(14)11-20(21)25/h10-13,15,25H,4-9H2,1-3H3. The van der Waals surface area contributed by atoms with Crippen molar-refractivity contribution >= 4 is 5.97 Å². The third-order valence-electron chi connectivity index (χ3n) is 5.11. The average Bonchev–Trinajstić information content (AvgIpc) is 2.68. The van der Waals surface area contributed by atoms with Crippen LogP contribution in [0.2, 0.25) is 0 Å². The molecule has 6 nitrogen and oxygen atoms in total. The zero-order valence-electron chi connectivity index (χ0n) is 16.7. The molecule has 0 amide bonds. The predicted molar refractivity (Wildman–Crippen MR) is 107 cm³/mol. The fraction of sp³-hybridized carbons (Fsp3) is 0.455. The van der Waals surface area contributed by atoms with E-state index in [1.54, 1.807) is 19.2 Å². The Morgan fingerprint density at radius 1 is 1.25 bits per heavy atom. The quantitative estimate of drug-likeness (QED) is 0.574. The van der Waals surface area contributed by atoms with Crippen LogP contribution in [0.3, 0.4) is 0 Å². The number of carbonyl (C=O) groups is 1. The summed E-state index contributed by atoms with van der Waals surface area (Å²) in [5.74, 6) is -0.0785. The van der Waals surface area contributed by atoms with Crippen LogP contribution in [-0.4, -0.2) is 28.9 Å². The molecule has 1 aromatic heterocycles. The molecule has 0 aliphatic carbocycles. The molecule has 0 radical (unpaired) electrons. The molecule has 1 aliphatic heterocycles. The van der Waals surface area contributed by atoms with Gasteiger partial charge in [0.15, 0.2) is 16.9 Å². The maximum Gasteiger partial charge on any atom is 0.343 e. The van der Waals surface area contributed by atoms with Gasteiger partial charge in [0.2, 0.25) is 0 Å². The van der Waals surface area contributed by atoms with Crippen LogP contribution in [0.1, 0.15) is 62.0 Å². The Labute approximate surface area is 164 Å². The number of benzene rings is 1. The summed E-state index contributed by atoms with van der Waals surface area (Å²) in [5, 5.41) is 10.4. The van der Waals surface area contributed by atoms with E-state index in [9.17, 15) is 14.7 Å². The van der Waals surface area contributed by atoms with Gasteiger partial charge in [-0.15, -0.1) is 0 Å². The van der Waals surface area contributed by atoms with Gasteiger partial charge in [0.05, 0.1) is 18.9 Å². The van der Waals surface area contributed by atoms with Crippen LogP contribution >= 0.6 is 0 Å². The van der Waals surface area contributed by atoms with Gasteiger partial charge < -0.3 is 19.1 Å². The minimum atomic E-state index is -0.606. The minimum absolute atomic E-state index is 0.0382. The number of rotatable bonds is 7. The average molecular weight is 385 g/mol. The second kappa shape index (κ2) is 8.50. The highest BCUT2D eigenvalue weighted by atomic mass is 16.5. The number of esters is 1. The maximum absolute atomic E-state index is 12.5. The number of nitrogens with zero attached hydrogens (tertiary/aromatic N) is 1. The van der Waals surface area contributed by atoms with Gasteiger partial charge in [-0.3, -0.25) is 4.79 Å². The van der Waals surface area contributed by atoms with Gasteiger partial charge >= 0.3 is 5.97 Å². The fourth-order valence-electron chi connectivity index (χ4n) is 3.58. The van der Waals surface area contributed by atoms with E-state index >= 15 is 0 Å². The molecular weight excluding hydrogens is 358 g/mol. The first kappa shape index (κ1) is 20.0. The summed E-state index contributed by atoms with van der Waals surface area (Å²) in [6.07, 6.45) is 5.10. The van der Waals surface area contributed by atoms with E-state index in [4.69, 9.17) is 9.47 Å². The Balaban J connectivity index is 2.07. The molecule has 0 saturated heterocycles. The van der Waals surface area contributed by atoms with Gasteiger partial charge in [-0.25, -0.2) is 4.79 Å². The highest BCUT2D eigenvalue weighted by Crippen LogP contribution is 2.41. The Morgan fingerprint density at radius 3 is 2.71 bits per heavy atom. The highest BCUT2D eigenvalue weighted by molar-refractivity contribution is 5.89. The normalized spacial score (nSPS) is 14.9. The molecule has 1 aromatic carbocycles. The van der Waals surface area contributed by atoms with Crippen molar-refractivity contribution in [3.8, 4) is 22.8 Å². The molecule has 0 saturated carbocycles. The van der Waals surface area contributed by atoms with E-state index in [1.807, 2.05) is 10.6 Å². The lowest BCUT2D eigenvalue weighted by molar-refractivity contribution is 0.0523. The zero-order chi connectivity index (χ0) is 20.3. The van der Waals surface area contributed by atoms with E-state index < -0.39 is 5.97 Å². The summed E-state index contributed by atoms with van der Waals surface area (Å²) >= 11 is 0. The number of carbonyl (C=O) groups excluding carboxylic acids is 1. The summed E-state index contributed by atoms with van der Waals surface area (Å²) in [7, 11) is 0. The van der Waals surface area contributed by atoms with Crippen molar-refractivity contribution in [2.45, 2.75) is 52.5 Å². The van der Waals surface area contributed by atoms with E-state index in [0.29, 0.717) is 18.1 Å². The summed E-state index contributed by atoms with van der Waals surface area (Å²) < 4.78 is 12.7. The fourth-order valence-corrected chi connectivity index (χ4v) is 3.58. The highest BCUT2D eigenvalue weighted by Gasteiger charge is 2.27. The van der Waals surface area contributed by atoms with E-state index in [2.05, 4.69) is 13.8 Å². The van der Waals surface area contributed by atoms with Crippen molar-refractivity contribution in [3.05, 3.63) is 45.7 Å². The van der Waals surface area contributed by atoms with Gasteiger partial charge in [0, 0.05) is 23.9 Å². The number of pyridine rings is 1. The number of unbranched alkanes of at least 4 members (excludes halogenated alkanes) is 1. The van der Waals surface area contributed by atoms with Crippen LogP contribution in [0.25, 0.3) is 11.3 Å². The molecule has 0 fully saturated rings. The monoisotopic (exact) mass is 385 g/mol. The van der Waals surface area contributed by atoms with Crippen LogP contribution in [0.5, 0.6) is 11.5 Å². The number of aromatic nitrogens is 1. The second-order valence-corrected chi connectivity index (χ2v) is 7.01. The van der Waals surface area contributed by atoms with Gasteiger partial charge in [-0.1, -0.05) is 20.3 Å². The molecule has 1 aliphatic rings. The first-order valence-corrected chi connectivity index (χ1v) is 9.92. The van der Waals surface area contributed by atoms with E-state index in [1.165, 1.54) is 6.07 Å². The molecule has 28 heavy (non-hydrogen) atoms. The summed E-state index contributed by atoms with van der Waals surface area (Å²) in [5.41, 5.74) is 2.17. The lowest BCUT2D eigenvalue weighted by Crippen LogP contribution is -2.26. The summed E-state index contributed by atoms with van der Waals surface area (Å²) in [6, 6.07) is 5.09. The van der Waals surface area contributed by atoms with Crippen LogP contribution in [-0.2, 0) is 11.2 Å². The number of hydrogen-bond donors (Lipinski definition) is 1. The van der Waals surface area contributed by atoms with Crippen LogP contribution in [0, 0.1) is 0 Å². The first-order chi connectivity index (χ1) is 13.5. The molecule has 3 rings (SSSR count). The third kappa shape index (κ3) is 3.77. The summed E-state index contributed by atoms with van der Waals surface area (Å²) in [6.45, 7) is 6.64. The van der Waals surface area contributed by atoms with Gasteiger partial charge in [-0.2, -0.15) is 0 Å². The largest absolute Gasteiger partial charge is 0.504 e. The molecular formula is C22H27NO5. The molecule has 2 aromatic rings. The van der Waals surface area contributed by atoms with Crippen LogP contribution in [0.15, 0.2) is 29.2 Å². The van der Waals surface area contributed by atoms with Crippen molar-refractivity contribution in [2.24, 2.45) is 0 Å². The van der Waals surface area contributed by atoms with Gasteiger partial charge in [0.25, 0.3) is 0 Å². The van der Waals surface area contributed by atoms with Crippen LogP contribution < -0.4 is 10.2 Å². The predicted octanol–water partition coefficient (Wildman–Crippen LogP) is 4.08. The molecule has 150 valence electrons. The SMILES string of the molecule is CCCCOc1cc2c(cc1O)-c1cc(=O)c(C(=O)OCC)cn1C(CC)C2. The number of phenolic OH excluding ortho intramolecular Hbond substituents is 1. The molecule has 1 N–H and O–H groups in total. The number of aromatic hydroxyl groups is 1. The Kier molecular flexibility index (Phi) is 6.07. The molecule has 1 atom stereocenters. The lowest BCUT2D eigenvalue weighted by Gasteiger charge is -2.30. The lowest BCUT2D eigenvalue weighted by atomic mass is 9.90. The minimum Gasteiger partial charge on any atom is -0.504 e. The third-order valence-corrected chi connectivity index (χ3v) is 5.11. The number of fused-ring (bicyclic) bond motifs is 3. The Hall–Kier alpha value is -2.76. The summed E-state index contributed by atoms with van der Waals surface area (Å²) in [4.78, 5) is 24.7. The van der Waals surface area contributed by atoms with Crippen molar-refractivity contribution in [2.75, 3.05) is 13.2 Å². The van der Waals surface area contributed by atoms with Crippen molar-refractivity contribution in [1.29, 1.82) is 0 Å². The second-order valence-electron chi connectivity index (χ2n) is 7.01. The molecule has 6 heteroatoms. The number of ether oxygens (including phenoxy) is 2. The maximum atomic E-state index is 12.5.